The number of rotatable bonds is 13. The zero-order valence-electron chi connectivity index (χ0n) is 24.8. The average Bonchev–Trinajstić information content (AvgIpc) is 3.54. The molecule has 6 N–H and O–H groups in total. The number of carboxylic acid groups (broad SMARTS) is 1. The number of likely N-dealkylation sites (tertiary alicyclic amines) is 1. The first-order chi connectivity index (χ1) is 22.0. The van der Waals surface area contributed by atoms with Crippen LogP contribution in [-0.2, 0) is 32.0 Å². The van der Waals surface area contributed by atoms with Crippen molar-refractivity contribution in [2.45, 2.75) is 43.8 Å². The van der Waals surface area contributed by atoms with Crippen molar-refractivity contribution in [3.63, 3.8) is 0 Å². The molecule has 0 aromatic heterocycles. The number of anilines is 1. The zero-order valence-corrected chi connectivity index (χ0v) is 24.8. The lowest BCUT2D eigenvalue weighted by atomic mass is 10.0. The molecule has 0 aliphatic carbocycles. The fraction of sp³-hybridized carbons (Fsp3) is 0.281. The number of nitrogens with one attached hydrogen (secondary N) is 3. The van der Waals surface area contributed by atoms with E-state index in [4.69, 9.17) is 5.73 Å². The molecule has 4 amide bonds. The van der Waals surface area contributed by atoms with Gasteiger partial charge in [0.25, 0.3) is 11.6 Å². The Morgan fingerprint density at radius 2 is 1.52 bits per heavy atom. The monoisotopic (exact) mass is 630 g/mol. The number of carbonyl (C=O) groups excluding carboxylic acids is 4. The third-order valence-corrected chi connectivity index (χ3v) is 7.57. The summed E-state index contributed by atoms with van der Waals surface area (Å²) in [6.07, 6.45) is 0.726. The van der Waals surface area contributed by atoms with Crippen molar-refractivity contribution in [1.29, 1.82) is 0 Å². The molecule has 3 aromatic carbocycles. The van der Waals surface area contributed by atoms with Crippen LogP contribution in [0.5, 0.6) is 0 Å². The molecule has 240 valence electrons. The number of nitro benzene ring substituents is 1. The van der Waals surface area contributed by atoms with Gasteiger partial charge in [-0.1, -0.05) is 54.6 Å². The average molecular weight is 631 g/mol. The van der Waals surface area contributed by atoms with E-state index >= 15 is 0 Å². The molecule has 0 bridgehead atoms. The quantitative estimate of drug-likeness (QED) is 0.105. The van der Waals surface area contributed by atoms with Crippen molar-refractivity contribution in [1.82, 2.24) is 20.9 Å². The second kappa shape index (κ2) is 15.3. The zero-order chi connectivity index (χ0) is 33.2. The molecule has 4 rings (SSSR count). The summed E-state index contributed by atoms with van der Waals surface area (Å²) in [5.41, 5.74) is 7.25. The number of nitrogens with two attached hydrogens (primary N) is 1. The molecular formula is C32H34N6O8. The van der Waals surface area contributed by atoms with E-state index in [9.17, 15) is 39.2 Å². The van der Waals surface area contributed by atoms with Crippen LogP contribution in [0.1, 0.15) is 34.3 Å². The molecule has 46 heavy (non-hydrogen) atoms. The van der Waals surface area contributed by atoms with E-state index in [-0.39, 0.29) is 42.7 Å². The largest absolute Gasteiger partial charge is 0.480 e. The summed E-state index contributed by atoms with van der Waals surface area (Å²) in [4.78, 5) is 76.6. The number of carboxylic acids is 1. The maximum absolute atomic E-state index is 13.8. The number of amides is 4. The van der Waals surface area contributed by atoms with Crippen molar-refractivity contribution in [3.8, 4) is 0 Å². The van der Waals surface area contributed by atoms with Crippen LogP contribution in [0.25, 0.3) is 0 Å². The number of benzene rings is 3. The maximum Gasteiger partial charge on any atom is 0.326 e. The van der Waals surface area contributed by atoms with Crippen LogP contribution in [0.4, 0.5) is 11.4 Å². The summed E-state index contributed by atoms with van der Waals surface area (Å²) >= 11 is 0. The van der Waals surface area contributed by atoms with Crippen LogP contribution in [0, 0.1) is 10.1 Å². The van der Waals surface area contributed by atoms with Gasteiger partial charge < -0.3 is 31.7 Å². The van der Waals surface area contributed by atoms with Gasteiger partial charge in [0.15, 0.2) is 0 Å². The number of nitrogens with zero attached hydrogens (tertiary/aromatic N) is 2. The summed E-state index contributed by atoms with van der Waals surface area (Å²) in [5, 5.41) is 28.5. The minimum atomic E-state index is -1.27. The van der Waals surface area contributed by atoms with Gasteiger partial charge in [-0.3, -0.25) is 29.3 Å². The molecule has 0 spiro atoms. The lowest BCUT2D eigenvalue weighted by Crippen LogP contribution is -2.57. The highest BCUT2D eigenvalue weighted by molar-refractivity contribution is 6.01. The van der Waals surface area contributed by atoms with E-state index in [1.807, 2.05) is 0 Å². The number of non-ortho nitro benzene ring substituents is 1. The smallest absolute Gasteiger partial charge is 0.326 e. The molecule has 0 saturated carbocycles. The van der Waals surface area contributed by atoms with E-state index in [1.165, 1.54) is 41.3 Å². The fourth-order valence-electron chi connectivity index (χ4n) is 5.21. The Hall–Kier alpha value is -5.79. The molecule has 1 heterocycles. The molecular weight excluding hydrogens is 596 g/mol. The van der Waals surface area contributed by atoms with Crippen molar-refractivity contribution < 1.29 is 34.0 Å². The predicted molar refractivity (Wildman–Crippen MR) is 166 cm³/mol. The SMILES string of the molecule is Nc1ccccc1C(=O)NCC(=O)N[C@@H](Cc1ccc([N+](=O)[O-])cc1)C(=O)N[C@@H](Cc1ccccc1)C(=O)N1CCC[C@H]1C(=O)O. The number of nitro groups is 1. The Morgan fingerprint density at radius 3 is 2.17 bits per heavy atom. The van der Waals surface area contributed by atoms with Crippen molar-refractivity contribution in [3.05, 3.63) is 106 Å². The Labute approximate surface area is 264 Å². The molecule has 14 nitrogen and oxygen atoms in total. The second-order valence-corrected chi connectivity index (χ2v) is 10.8. The summed E-state index contributed by atoms with van der Waals surface area (Å²) in [6, 6.07) is 17.1. The van der Waals surface area contributed by atoms with Gasteiger partial charge in [-0.05, 0) is 36.1 Å². The standard InChI is InChI=1S/C32H34N6O8/c33-24-10-5-4-9-23(24)29(40)34-19-28(39)35-25(17-21-12-14-22(15-13-21)38(45)46)30(41)36-26(18-20-7-2-1-3-8-20)31(42)37-16-6-11-27(37)32(43)44/h1-5,7-10,12-15,25-27H,6,11,16-19,33H2,(H,34,40)(H,35,39)(H,36,41)(H,43,44)/t25-,26-,27-/m0/s1. The van der Waals surface area contributed by atoms with Crippen LogP contribution >= 0.6 is 0 Å². The van der Waals surface area contributed by atoms with Crippen LogP contribution in [-0.4, -0.2) is 75.7 Å². The highest BCUT2D eigenvalue weighted by Gasteiger charge is 2.38. The van der Waals surface area contributed by atoms with Crippen molar-refractivity contribution in [2.75, 3.05) is 18.8 Å². The second-order valence-electron chi connectivity index (χ2n) is 10.8. The molecule has 1 saturated heterocycles. The number of carbonyl (C=O) groups is 5. The highest BCUT2D eigenvalue weighted by atomic mass is 16.6. The lowest BCUT2D eigenvalue weighted by Gasteiger charge is -2.29. The van der Waals surface area contributed by atoms with Gasteiger partial charge in [-0.15, -0.1) is 0 Å². The third kappa shape index (κ3) is 8.65. The number of nitrogen functional groups attached to an aromatic ring is 1. The maximum atomic E-state index is 13.8. The van der Waals surface area contributed by atoms with Gasteiger partial charge in [-0.25, -0.2) is 4.79 Å². The van der Waals surface area contributed by atoms with Gasteiger partial charge in [0.1, 0.15) is 18.1 Å². The Kier molecular flexibility index (Phi) is 11.0. The van der Waals surface area contributed by atoms with Crippen LogP contribution in [0.2, 0.25) is 0 Å². The summed E-state index contributed by atoms with van der Waals surface area (Å²) in [5.74, 6) is -3.78. The summed E-state index contributed by atoms with van der Waals surface area (Å²) in [7, 11) is 0. The number of aliphatic carboxylic acids is 1. The van der Waals surface area contributed by atoms with Gasteiger partial charge in [0, 0.05) is 37.2 Å². The summed E-state index contributed by atoms with van der Waals surface area (Å²) < 4.78 is 0. The van der Waals surface area contributed by atoms with Crippen LogP contribution < -0.4 is 21.7 Å². The van der Waals surface area contributed by atoms with E-state index < -0.39 is 59.2 Å². The number of hydrogen-bond acceptors (Lipinski definition) is 8. The topological polar surface area (TPSA) is 214 Å². The minimum Gasteiger partial charge on any atom is -0.480 e. The molecule has 0 unspecified atom stereocenters. The van der Waals surface area contributed by atoms with Crippen LogP contribution in [0.3, 0.4) is 0 Å². The first-order valence-electron chi connectivity index (χ1n) is 14.6. The number of hydrogen-bond donors (Lipinski definition) is 5. The molecule has 3 aromatic rings. The van der Waals surface area contributed by atoms with Crippen LogP contribution in [0.15, 0.2) is 78.9 Å². The number of para-hydroxylation sites is 1. The Morgan fingerprint density at radius 1 is 0.891 bits per heavy atom. The van der Waals surface area contributed by atoms with Gasteiger partial charge in [0.2, 0.25) is 17.7 Å². The first-order valence-corrected chi connectivity index (χ1v) is 14.6. The van der Waals surface area contributed by atoms with E-state index in [2.05, 4.69) is 16.0 Å². The van der Waals surface area contributed by atoms with Crippen molar-refractivity contribution >= 4 is 41.0 Å². The third-order valence-electron chi connectivity index (χ3n) is 7.57. The van der Waals surface area contributed by atoms with E-state index in [1.54, 1.807) is 42.5 Å². The van der Waals surface area contributed by atoms with Gasteiger partial charge in [-0.2, -0.15) is 0 Å². The molecule has 1 aliphatic rings. The molecule has 14 heteroatoms. The Balaban J connectivity index is 1.54. The summed E-state index contributed by atoms with van der Waals surface area (Å²) in [6.45, 7) is -0.288. The van der Waals surface area contributed by atoms with Crippen molar-refractivity contribution in [2.24, 2.45) is 0 Å². The normalized spacial score (nSPS) is 15.3. The first kappa shape index (κ1) is 33.1. The molecule has 3 atom stereocenters. The molecule has 1 aliphatic heterocycles. The van der Waals surface area contributed by atoms with Gasteiger partial charge >= 0.3 is 5.97 Å². The Bertz CT molecular complexity index is 1600. The van der Waals surface area contributed by atoms with E-state index in [0.29, 0.717) is 17.5 Å². The lowest BCUT2D eigenvalue weighted by molar-refractivity contribution is -0.384. The fourth-order valence-corrected chi connectivity index (χ4v) is 5.21. The predicted octanol–water partition coefficient (Wildman–Crippen LogP) is 1.44. The van der Waals surface area contributed by atoms with Gasteiger partial charge in [0.05, 0.1) is 17.0 Å². The molecule has 1 fully saturated rings. The minimum absolute atomic E-state index is 0.0566. The highest BCUT2D eigenvalue weighted by Crippen LogP contribution is 2.20. The van der Waals surface area contributed by atoms with E-state index in [0.717, 1.165) is 0 Å². The molecule has 0 radical (unpaired) electrons.